The maximum Gasteiger partial charge on any atom is 0.123 e. The van der Waals surface area contributed by atoms with E-state index >= 15 is 0 Å². The number of aliphatic hydroxyl groups excluding tert-OH is 2. The number of allylic oxidation sites excluding steroid dienone is 1. The van der Waals surface area contributed by atoms with E-state index in [-0.39, 0.29) is 18.3 Å². The maximum atomic E-state index is 13.4. The van der Waals surface area contributed by atoms with Gasteiger partial charge >= 0.3 is 0 Å². The molecule has 4 rings (SSSR count). The van der Waals surface area contributed by atoms with Crippen LogP contribution in [-0.4, -0.2) is 20.0 Å². The highest BCUT2D eigenvalue weighted by molar-refractivity contribution is 5.55. The summed E-state index contributed by atoms with van der Waals surface area (Å²) in [5.41, 5.74) is 5.94. The fourth-order valence-corrected chi connectivity index (χ4v) is 4.42. The second-order valence-electron chi connectivity index (χ2n) is 8.47. The minimum atomic E-state index is -0.564. The molecule has 0 unspecified atom stereocenters. The van der Waals surface area contributed by atoms with Gasteiger partial charge in [-0.25, -0.2) is 9.07 Å². The van der Waals surface area contributed by atoms with Crippen LogP contribution in [0.4, 0.5) is 4.39 Å². The smallest absolute Gasteiger partial charge is 0.123 e. The number of benzene rings is 2. The first-order valence-electron chi connectivity index (χ1n) is 10.9. The van der Waals surface area contributed by atoms with E-state index in [9.17, 15) is 14.6 Å². The molecule has 3 aromatic rings. The zero-order chi connectivity index (χ0) is 21.8. The van der Waals surface area contributed by atoms with Crippen molar-refractivity contribution >= 4 is 6.08 Å². The van der Waals surface area contributed by atoms with Crippen LogP contribution in [0, 0.1) is 11.7 Å². The molecule has 1 aliphatic carbocycles. The fourth-order valence-electron chi connectivity index (χ4n) is 4.42. The Kier molecular flexibility index (Phi) is 6.64. The number of fused-ring (bicyclic) bond motifs is 1. The Bertz CT molecular complexity index is 1060. The van der Waals surface area contributed by atoms with Crippen molar-refractivity contribution in [3.05, 3.63) is 88.5 Å². The maximum absolute atomic E-state index is 13.4. The molecule has 2 N–H and O–H groups in total. The van der Waals surface area contributed by atoms with E-state index in [0.717, 1.165) is 60.2 Å². The molecule has 162 valence electrons. The van der Waals surface area contributed by atoms with Gasteiger partial charge in [0, 0.05) is 0 Å². The average molecular weight is 421 g/mol. The molecular formula is C26H29FN2O2. The Labute approximate surface area is 182 Å². The highest BCUT2D eigenvalue weighted by Crippen LogP contribution is 2.33. The van der Waals surface area contributed by atoms with Crippen molar-refractivity contribution in [3.8, 4) is 5.69 Å². The molecule has 5 heteroatoms. The van der Waals surface area contributed by atoms with Gasteiger partial charge in [-0.3, -0.25) is 0 Å². The van der Waals surface area contributed by atoms with Crippen molar-refractivity contribution in [2.45, 2.75) is 51.7 Å². The van der Waals surface area contributed by atoms with Gasteiger partial charge in [0.1, 0.15) is 5.82 Å². The first kappa shape index (κ1) is 21.5. The second kappa shape index (κ2) is 9.58. The van der Waals surface area contributed by atoms with E-state index in [2.05, 4.69) is 18.1 Å². The number of aryl methyl sites for hydroxylation is 1. The van der Waals surface area contributed by atoms with E-state index < -0.39 is 6.10 Å². The van der Waals surface area contributed by atoms with Crippen LogP contribution in [-0.2, 0) is 13.0 Å². The topological polar surface area (TPSA) is 58.3 Å². The third kappa shape index (κ3) is 4.94. The third-order valence-electron chi connectivity index (χ3n) is 6.19. The van der Waals surface area contributed by atoms with Crippen molar-refractivity contribution in [1.82, 2.24) is 9.78 Å². The second-order valence-corrected chi connectivity index (χ2v) is 8.47. The standard InChI is InChI=1S/C26H29FN2O2/c1-18-4-2-6-20(26(31)21-7-3-5-19(15-21)17-30)8-9-22-16-28-29(25(22)14-18)24-12-10-23(27)11-13-24/h3,5,7,10-16,20,26,30-31H,2,4,6,8-9,17H2,1H3/b18-14+/t20-,26+/m0/s1. The molecule has 0 saturated carbocycles. The largest absolute Gasteiger partial charge is 0.392 e. The molecule has 0 fully saturated rings. The molecule has 31 heavy (non-hydrogen) atoms. The van der Waals surface area contributed by atoms with Gasteiger partial charge in [0.15, 0.2) is 0 Å². The Morgan fingerprint density at radius 2 is 1.94 bits per heavy atom. The summed E-state index contributed by atoms with van der Waals surface area (Å²) in [5.74, 6) is -0.136. The lowest BCUT2D eigenvalue weighted by atomic mass is 9.84. The Balaban J connectivity index is 1.61. The predicted octanol–water partition coefficient (Wildman–Crippen LogP) is 5.37. The summed E-state index contributed by atoms with van der Waals surface area (Å²) in [5, 5.41) is 25.1. The van der Waals surface area contributed by atoms with Crippen molar-refractivity contribution in [3.63, 3.8) is 0 Å². The number of hydrogen-bond acceptors (Lipinski definition) is 3. The first-order chi connectivity index (χ1) is 15.0. The highest BCUT2D eigenvalue weighted by Gasteiger charge is 2.23. The number of halogens is 1. The molecule has 0 aliphatic heterocycles. The van der Waals surface area contributed by atoms with Crippen LogP contribution in [0.5, 0.6) is 0 Å². The monoisotopic (exact) mass is 420 g/mol. The fraction of sp³-hybridized carbons (Fsp3) is 0.346. The molecule has 1 aliphatic rings. The molecule has 0 amide bonds. The minimum Gasteiger partial charge on any atom is -0.392 e. The molecule has 0 saturated heterocycles. The lowest BCUT2D eigenvalue weighted by Gasteiger charge is -2.24. The Morgan fingerprint density at radius 1 is 1.13 bits per heavy atom. The highest BCUT2D eigenvalue weighted by atomic mass is 19.1. The van der Waals surface area contributed by atoms with Gasteiger partial charge in [-0.15, -0.1) is 0 Å². The predicted molar refractivity (Wildman–Crippen MR) is 120 cm³/mol. The Hall–Kier alpha value is -2.76. The number of hydrogen-bond donors (Lipinski definition) is 2. The first-order valence-corrected chi connectivity index (χ1v) is 10.9. The number of aliphatic hydroxyl groups is 2. The molecule has 2 atom stereocenters. The molecular weight excluding hydrogens is 391 g/mol. The SMILES string of the molecule is C/C1=C\c2c(cnn2-c2ccc(F)cc2)CC[C@@H]([C@@H](O)c2cccc(CO)c2)CCC1. The summed E-state index contributed by atoms with van der Waals surface area (Å²) in [4.78, 5) is 0. The van der Waals surface area contributed by atoms with Crippen LogP contribution in [0.15, 0.2) is 60.3 Å². The van der Waals surface area contributed by atoms with Gasteiger partial charge in [-0.05, 0) is 92.0 Å². The molecule has 1 heterocycles. The quantitative estimate of drug-likeness (QED) is 0.596. The zero-order valence-corrected chi connectivity index (χ0v) is 17.8. The lowest BCUT2D eigenvalue weighted by molar-refractivity contribution is 0.0961. The van der Waals surface area contributed by atoms with Gasteiger partial charge in [0.25, 0.3) is 0 Å². The van der Waals surface area contributed by atoms with E-state index in [4.69, 9.17) is 0 Å². The number of rotatable bonds is 4. The van der Waals surface area contributed by atoms with Crippen LogP contribution in [0.25, 0.3) is 11.8 Å². The molecule has 2 aromatic carbocycles. The summed E-state index contributed by atoms with van der Waals surface area (Å²) in [7, 11) is 0. The van der Waals surface area contributed by atoms with Crippen molar-refractivity contribution in [2.75, 3.05) is 0 Å². The summed E-state index contributed by atoms with van der Waals surface area (Å²) in [6.07, 6.45) is 8.06. The molecule has 0 bridgehead atoms. The third-order valence-corrected chi connectivity index (χ3v) is 6.19. The van der Waals surface area contributed by atoms with E-state index in [1.165, 1.54) is 17.7 Å². The van der Waals surface area contributed by atoms with Crippen LogP contribution < -0.4 is 0 Å². The van der Waals surface area contributed by atoms with E-state index in [1.807, 2.05) is 35.1 Å². The number of nitrogens with zero attached hydrogens (tertiary/aromatic N) is 2. The van der Waals surface area contributed by atoms with Crippen molar-refractivity contribution in [1.29, 1.82) is 0 Å². The molecule has 1 aromatic heterocycles. The summed E-state index contributed by atoms with van der Waals surface area (Å²) in [6, 6.07) is 14.0. The van der Waals surface area contributed by atoms with Crippen LogP contribution in [0.1, 0.15) is 61.1 Å². The van der Waals surface area contributed by atoms with Gasteiger partial charge in [0.05, 0.1) is 30.3 Å². The van der Waals surface area contributed by atoms with Crippen LogP contribution in [0.3, 0.4) is 0 Å². The Morgan fingerprint density at radius 3 is 2.71 bits per heavy atom. The molecule has 0 radical (unpaired) electrons. The van der Waals surface area contributed by atoms with Crippen molar-refractivity contribution < 1.29 is 14.6 Å². The van der Waals surface area contributed by atoms with Gasteiger partial charge in [0.2, 0.25) is 0 Å². The van der Waals surface area contributed by atoms with Crippen molar-refractivity contribution in [2.24, 2.45) is 5.92 Å². The van der Waals surface area contributed by atoms with Crippen LogP contribution >= 0.6 is 0 Å². The van der Waals surface area contributed by atoms with Gasteiger partial charge in [-0.1, -0.05) is 29.8 Å². The lowest BCUT2D eigenvalue weighted by Crippen LogP contribution is -2.15. The van der Waals surface area contributed by atoms with Gasteiger partial charge in [-0.2, -0.15) is 5.10 Å². The summed E-state index contributed by atoms with van der Waals surface area (Å²) < 4.78 is 15.2. The van der Waals surface area contributed by atoms with E-state index in [1.54, 1.807) is 12.1 Å². The zero-order valence-electron chi connectivity index (χ0n) is 17.8. The summed E-state index contributed by atoms with van der Waals surface area (Å²) >= 11 is 0. The average Bonchev–Trinajstić information content (AvgIpc) is 3.18. The summed E-state index contributed by atoms with van der Waals surface area (Å²) in [6.45, 7) is 2.10. The molecule has 4 nitrogen and oxygen atoms in total. The molecule has 0 spiro atoms. The normalized spacial score (nSPS) is 19.9. The van der Waals surface area contributed by atoms with E-state index in [0.29, 0.717) is 0 Å². The number of aromatic nitrogens is 2. The van der Waals surface area contributed by atoms with Gasteiger partial charge < -0.3 is 10.2 Å². The van der Waals surface area contributed by atoms with Crippen LogP contribution in [0.2, 0.25) is 0 Å². The minimum absolute atomic E-state index is 0.0266.